The molecule has 0 aliphatic carbocycles. The molecule has 0 unspecified atom stereocenters. The first-order chi connectivity index (χ1) is 5.20. The van der Waals surface area contributed by atoms with Crippen LogP contribution in [0.1, 0.15) is 13.3 Å². The summed E-state index contributed by atoms with van der Waals surface area (Å²) in [5.74, 6) is -0.0635. The third kappa shape index (κ3) is 5.72. The summed E-state index contributed by atoms with van der Waals surface area (Å²) in [6.45, 7) is 1.97. The zero-order valence-corrected chi connectivity index (χ0v) is 7.46. The summed E-state index contributed by atoms with van der Waals surface area (Å²) in [7, 11) is 0. The van der Waals surface area contributed by atoms with E-state index in [4.69, 9.17) is 0 Å². The molecule has 2 N–H and O–H groups in total. The number of carbonyl (C=O) groups is 2. The molecule has 0 saturated carbocycles. The lowest BCUT2D eigenvalue weighted by molar-refractivity contribution is -0.120. The Morgan fingerprint density at radius 2 is 2.00 bits per heavy atom. The Hall–Kier alpha value is -0.710. The van der Waals surface area contributed by atoms with E-state index in [1.807, 2.05) is 0 Å². The van der Waals surface area contributed by atoms with Crippen LogP contribution in [0.3, 0.4) is 0 Å². The molecular weight excluding hydrogens is 164 g/mol. The van der Waals surface area contributed by atoms with E-state index in [2.05, 4.69) is 10.6 Å². The van der Waals surface area contributed by atoms with E-state index in [-0.39, 0.29) is 17.8 Å². The van der Waals surface area contributed by atoms with Gasteiger partial charge in [0, 0.05) is 6.42 Å². The maximum absolute atomic E-state index is 10.6. The third-order valence-electron chi connectivity index (χ3n) is 1.02. The average molecular weight is 176 g/mol. The Bertz CT molecular complexity index is 134. The first-order valence-corrected chi connectivity index (χ1v) is 4.51. The van der Waals surface area contributed by atoms with Crippen LogP contribution in [0.5, 0.6) is 0 Å². The van der Waals surface area contributed by atoms with Gasteiger partial charge in [0.1, 0.15) is 0 Å². The molecular formula is C6H12N2O2S. The van der Waals surface area contributed by atoms with Crippen molar-refractivity contribution in [2.24, 2.45) is 0 Å². The van der Waals surface area contributed by atoms with E-state index in [1.54, 1.807) is 13.2 Å². The highest BCUT2D eigenvalue weighted by atomic mass is 32.2. The second-order valence-corrected chi connectivity index (χ2v) is 2.58. The van der Waals surface area contributed by atoms with Gasteiger partial charge in [0.2, 0.25) is 5.91 Å². The van der Waals surface area contributed by atoms with E-state index < -0.39 is 0 Å². The number of rotatable bonds is 3. The van der Waals surface area contributed by atoms with E-state index in [0.29, 0.717) is 6.42 Å². The quantitative estimate of drug-likeness (QED) is 0.617. The maximum Gasteiger partial charge on any atom is 0.280 e. The summed E-state index contributed by atoms with van der Waals surface area (Å²) in [6.07, 6.45) is 2.12. The lowest BCUT2D eigenvalue weighted by Crippen LogP contribution is -2.35. The minimum atomic E-state index is -0.138. The summed E-state index contributed by atoms with van der Waals surface area (Å²) in [6, 6.07) is 0. The Morgan fingerprint density at radius 3 is 2.45 bits per heavy atom. The van der Waals surface area contributed by atoms with Crippen LogP contribution in [-0.2, 0) is 4.79 Å². The molecule has 5 heteroatoms. The van der Waals surface area contributed by atoms with Crippen LogP contribution in [0.25, 0.3) is 0 Å². The van der Waals surface area contributed by atoms with Gasteiger partial charge < -0.3 is 10.6 Å². The fourth-order valence-corrected chi connectivity index (χ4v) is 0.629. The standard InChI is InChI=1S/C6H12N2O2S/c1-3-5(9)7-4-8-6(10)11-2/h3-4H2,1-2H3,(H,7,9)(H,8,10). The summed E-state index contributed by atoms with van der Waals surface area (Å²) in [5.41, 5.74) is 0. The summed E-state index contributed by atoms with van der Waals surface area (Å²) < 4.78 is 0. The number of hydrogen-bond donors (Lipinski definition) is 2. The van der Waals surface area contributed by atoms with Gasteiger partial charge in [-0.1, -0.05) is 18.7 Å². The topological polar surface area (TPSA) is 58.2 Å². The second-order valence-electron chi connectivity index (χ2n) is 1.80. The van der Waals surface area contributed by atoms with Crippen LogP contribution < -0.4 is 10.6 Å². The molecule has 64 valence electrons. The van der Waals surface area contributed by atoms with Crippen molar-refractivity contribution in [2.75, 3.05) is 12.9 Å². The molecule has 0 aromatic rings. The first-order valence-electron chi connectivity index (χ1n) is 3.29. The van der Waals surface area contributed by atoms with Gasteiger partial charge in [0.05, 0.1) is 6.67 Å². The van der Waals surface area contributed by atoms with Crippen LogP contribution in [0.2, 0.25) is 0 Å². The van der Waals surface area contributed by atoms with E-state index in [0.717, 1.165) is 11.8 Å². The van der Waals surface area contributed by atoms with Crippen LogP contribution >= 0.6 is 11.8 Å². The van der Waals surface area contributed by atoms with Gasteiger partial charge in [-0.15, -0.1) is 0 Å². The number of nitrogens with one attached hydrogen (secondary N) is 2. The van der Waals surface area contributed by atoms with Crippen molar-refractivity contribution in [3.8, 4) is 0 Å². The van der Waals surface area contributed by atoms with Crippen LogP contribution in [-0.4, -0.2) is 24.1 Å². The zero-order chi connectivity index (χ0) is 8.69. The fraction of sp³-hybridized carbons (Fsp3) is 0.667. The Kier molecular flexibility index (Phi) is 5.64. The van der Waals surface area contributed by atoms with Crippen molar-refractivity contribution in [3.63, 3.8) is 0 Å². The molecule has 0 rings (SSSR count). The van der Waals surface area contributed by atoms with Crippen molar-refractivity contribution in [1.82, 2.24) is 10.6 Å². The highest BCUT2D eigenvalue weighted by Crippen LogP contribution is 1.90. The molecule has 4 nitrogen and oxygen atoms in total. The molecule has 0 radical (unpaired) electrons. The molecule has 0 aliphatic rings. The van der Waals surface area contributed by atoms with Gasteiger partial charge in [-0.25, -0.2) is 0 Å². The molecule has 0 aromatic heterocycles. The lowest BCUT2D eigenvalue weighted by Gasteiger charge is -2.03. The van der Waals surface area contributed by atoms with E-state index in [1.165, 1.54) is 0 Å². The van der Waals surface area contributed by atoms with Crippen molar-refractivity contribution >= 4 is 22.9 Å². The molecule has 0 spiro atoms. The highest BCUT2D eigenvalue weighted by Gasteiger charge is 1.97. The zero-order valence-electron chi connectivity index (χ0n) is 6.64. The number of hydrogen-bond acceptors (Lipinski definition) is 3. The molecule has 0 aliphatic heterocycles. The Morgan fingerprint density at radius 1 is 1.36 bits per heavy atom. The predicted octanol–water partition coefficient (Wildman–Crippen LogP) is 0.543. The highest BCUT2D eigenvalue weighted by molar-refractivity contribution is 8.12. The van der Waals surface area contributed by atoms with E-state index in [9.17, 15) is 9.59 Å². The van der Waals surface area contributed by atoms with Gasteiger partial charge in [0.15, 0.2) is 0 Å². The SMILES string of the molecule is CCC(=O)NCNC(=O)SC. The van der Waals surface area contributed by atoms with Gasteiger partial charge in [-0.3, -0.25) is 9.59 Å². The summed E-state index contributed by atoms with van der Waals surface area (Å²) >= 11 is 1.08. The maximum atomic E-state index is 10.6. The molecule has 0 aromatic carbocycles. The van der Waals surface area contributed by atoms with Gasteiger partial charge in [-0.2, -0.15) is 0 Å². The van der Waals surface area contributed by atoms with Crippen LogP contribution in [0.4, 0.5) is 4.79 Å². The molecule has 11 heavy (non-hydrogen) atoms. The number of thioether (sulfide) groups is 1. The molecule has 0 heterocycles. The lowest BCUT2D eigenvalue weighted by atomic mass is 10.5. The average Bonchev–Trinajstić information content (AvgIpc) is 2.04. The normalized spacial score (nSPS) is 8.91. The van der Waals surface area contributed by atoms with Crippen LogP contribution in [0, 0.1) is 0 Å². The van der Waals surface area contributed by atoms with Gasteiger partial charge in [-0.05, 0) is 6.26 Å². The molecule has 0 fully saturated rings. The van der Waals surface area contributed by atoms with Crippen molar-refractivity contribution in [3.05, 3.63) is 0 Å². The Balaban J connectivity index is 3.27. The predicted molar refractivity (Wildman–Crippen MR) is 45.3 cm³/mol. The molecule has 0 atom stereocenters. The monoisotopic (exact) mass is 176 g/mol. The minimum Gasteiger partial charge on any atom is -0.339 e. The smallest absolute Gasteiger partial charge is 0.280 e. The van der Waals surface area contributed by atoms with Crippen molar-refractivity contribution in [2.45, 2.75) is 13.3 Å². The van der Waals surface area contributed by atoms with Crippen molar-refractivity contribution in [1.29, 1.82) is 0 Å². The second kappa shape index (κ2) is 6.03. The largest absolute Gasteiger partial charge is 0.339 e. The van der Waals surface area contributed by atoms with Crippen LogP contribution in [0.15, 0.2) is 0 Å². The summed E-state index contributed by atoms with van der Waals surface area (Å²) in [4.78, 5) is 21.2. The van der Waals surface area contributed by atoms with Gasteiger partial charge >= 0.3 is 0 Å². The number of carbonyl (C=O) groups excluding carboxylic acids is 2. The minimum absolute atomic E-state index is 0.0635. The number of amides is 2. The third-order valence-corrected chi connectivity index (χ3v) is 1.54. The fourth-order valence-electron chi connectivity index (χ4n) is 0.412. The first kappa shape index (κ1) is 10.3. The van der Waals surface area contributed by atoms with E-state index >= 15 is 0 Å². The molecule has 0 bridgehead atoms. The summed E-state index contributed by atoms with van der Waals surface area (Å²) in [5, 5.41) is 4.87. The molecule has 0 saturated heterocycles. The molecule has 2 amide bonds. The van der Waals surface area contributed by atoms with Gasteiger partial charge in [0.25, 0.3) is 5.24 Å². The van der Waals surface area contributed by atoms with Crippen molar-refractivity contribution < 1.29 is 9.59 Å². The Labute approximate surface area is 70.1 Å².